The molecule has 0 spiro atoms. The number of amides is 4. The average Bonchev–Trinajstić information content (AvgIpc) is 3.44. The third-order valence-corrected chi connectivity index (χ3v) is 7.57. The van der Waals surface area contributed by atoms with Gasteiger partial charge >= 0.3 is 6.03 Å². The van der Waals surface area contributed by atoms with Gasteiger partial charge in [0.25, 0.3) is 11.8 Å². The van der Waals surface area contributed by atoms with E-state index >= 15 is 0 Å². The maximum atomic E-state index is 13.8. The van der Waals surface area contributed by atoms with Crippen LogP contribution in [0.15, 0.2) is 42.0 Å². The first-order valence-corrected chi connectivity index (χ1v) is 12.6. The summed E-state index contributed by atoms with van der Waals surface area (Å²) in [5.41, 5.74) is -0.578. The van der Waals surface area contributed by atoms with Crippen LogP contribution in [0.25, 0.3) is 0 Å². The summed E-state index contributed by atoms with van der Waals surface area (Å²) >= 11 is 1.60. The zero-order valence-electron chi connectivity index (χ0n) is 19.5. The summed E-state index contributed by atoms with van der Waals surface area (Å²) in [6.07, 6.45) is 5.09. The highest BCUT2D eigenvalue weighted by Gasteiger charge is 2.57. The Morgan fingerprint density at radius 2 is 1.97 bits per heavy atom. The molecule has 1 atom stereocenters. The zero-order chi connectivity index (χ0) is 24.3. The number of piperidine rings is 1. The minimum Gasteiger partial charge on any atom is -0.336 e. The van der Waals surface area contributed by atoms with Gasteiger partial charge in [-0.05, 0) is 48.6 Å². The van der Waals surface area contributed by atoms with Crippen LogP contribution < -0.4 is 5.32 Å². The standard InChI is InChI=1S/C25H30N4O4S/c1-17(2)15-21(30)22(31)28-11-7-18(8-12-28)25(19-5-3-10-26-16-19)23(32)29(24(33)27-25)13-9-20-6-4-14-34-20/h3-6,10,14,16-18H,7-9,11-13,15H2,1-2H3,(H,27,33). The van der Waals surface area contributed by atoms with Gasteiger partial charge < -0.3 is 10.2 Å². The molecule has 0 radical (unpaired) electrons. The molecule has 0 bridgehead atoms. The van der Waals surface area contributed by atoms with E-state index in [1.54, 1.807) is 34.7 Å². The van der Waals surface area contributed by atoms with E-state index in [9.17, 15) is 19.2 Å². The third kappa shape index (κ3) is 4.61. The summed E-state index contributed by atoms with van der Waals surface area (Å²) < 4.78 is 0. The predicted octanol–water partition coefficient (Wildman–Crippen LogP) is 2.99. The summed E-state index contributed by atoms with van der Waals surface area (Å²) in [5.74, 6) is -1.21. The highest BCUT2D eigenvalue weighted by atomic mass is 32.1. The van der Waals surface area contributed by atoms with E-state index in [4.69, 9.17) is 0 Å². The lowest BCUT2D eigenvalue weighted by molar-refractivity contribution is -0.146. The first kappa shape index (κ1) is 24.1. The summed E-state index contributed by atoms with van der Waals surface area (Å²) in [4.78, 5) is 59.9. The van der Waals surface area contributed by atoms with Crippen LogP contribution in [0, 0.1) is 11.8 Å². The number of hydrogen-bond donors (Lipinski definition) is 1. The lowest BCUT2D eigenvalue weighted by Crippen LogP contribution is -2.54. The number of imide groups is 1. The average molecular weight is 483 g/mol. The normalized spacial score (nSPS) is 21.3. The summed E-state index contributed by atoms with van der Waals surface area (Å²) in [7, 11) is 0. The van der Waals surface area contributed by atoms with E-state index in [0.717, 1.165) is 4.88 Å². The van der Waals surface area contributed by atoms with Gasteiger partial charge in [0.2, 0.25) is 5.78 Å². The van der Waals surface area contributed by atoms with Gasteiger partial charge in [0, 0.05) is 48.9 Å². The monoisotopic (exact) mass is 482 g/mol. The molecule has 1 N–H and O–H groups in total. The van der Waals surface area contributed by atoms with E-state index in [2.05, 4.69) is 10.3 Å². The lowest BCUT2D eigenvalue weighted by Gasteiger charge is -2.40. The number of carbonyl (C=O) groups is 4. The fraction of sp³-hybridized carbons (Fsp3) is 0.480. The molecule has 2 fully saturated rings. The molecular formula is C25H30N4O4S. The number of ketones is 1. The Morgan fingerprint density at radius 1 is 1.21 bits per heavy atom. The van der Waals surface area contributed by atoms with E-state index in [1.807, 2.05) is 37.4 Å². The number of rotatable bonds is 8. The second-order valence-corrected chi connectivity index (χ2v) is 10.4. The Kier molecular flexibility index (Phi) is 7.11. The van der Waals surface area contributed by atoms with Crippen molar-refractivity contribution in [3.8, 4) is 0 Å². The number of carbonyl (C=O) groups excluding carboxylic acids is 4. The third-order valence-electron chi connectivity index (χ3n) is 6.64. The molecule has 4 amide bonds. The van der Waals surface area contributed by atoms with Crippen molar-refractivity contribution in [2.24, 2.45) is 11.8 Å². The van der Waals surface area contributed by atoms with Crippen molar-refractivity contribution < 1.29 is 19.2 Å². The molecule has 1 unspecified atom stereocenters. The lowest BCUT2D eigenvalue weighted by atomic mass is 9.73. The second kappa shape index (κ2) is 10.0. The van der Waals surface area contributed by atoms with Gasteiger partial charge in [-0.3, -0.25) is 24.3 Å². The molecule has 2 aliphatic heterocycles. The van der Waals surface area contributed by atoms with Gasteiger partial charge in [-0.1, -0.05) is 26.0 Å². The van der Waals surface area contributed by atoms with Crippen LogP contribution in [0.4, 0.5) is 4.79 Å². The number of thiophene rings is 1. The Balaban J connectivity index is 1.54. The minimum atomic E-state index is -1.22. The summed E-state index contributed by atoms with van der Waals surface area (Å²) in [6, 6.07) is 7.11. The summed E-state index contributed by atoms with van der Waals surface area (Å²) in [6.45, 7) is 4.86. The number of hydrogen-bond acceptors (Lipinski definition) is 6. The van der Waals surface area contributed by atoms with Gasteiger partial charge in [-0.25, -0.2) is 4.79 Å². The van der Waals surface area contributed by atoms with Crippen molar-refractivity contribution in [3.05, 3.63) is 52.5 Å². The molecule has 4 heterocycles. The van der Waals surface area contributed by atoms with Gasteiger partial charge in [0.15, 0.2) is 5.54 Å². The summed E-state index contributed by atoms with van der Waals surface area (Å²) in [5, 5.41) is 4.98. The Hall–Kier alpha value is -3.07. The van der Waals surface area contributed by atoms with Crippen LogP contribution in [0.1, 0.15) is 43.6 Å². The van der Waals surface area contributed by atoms with Gasteiger partial charge in [0.1, 0.15) is 0 Å². The predicted molar refractivity (Wildman–Crippen MR) is 128 cm³/mol. The van der Waals surface area contributed by atoms with Crippen LogP contribution >= 0.6 is 11.3 Å². The number of nitrogens with zero attached hydrogens (tertiary/aromatic N) is 3. The van der Waals surface area contributed by atoms with Gasteiger partial charge in [-0.15, -0.1) is 11.3 Å². The molecule has 0 aromatic carbocycles. The molecule has 0 saturated carbocycles. The zero-order valence-corrected chi connectivity index (χ0v) is 20.3. The molecule has 4 rings (SSSR count). The number of nitrogens with one attached hydrogen (secondary N) is 1. The first-order valence-electron chi connectivity index (χ1n) is 11.7. The van der Waals surface area contributed by atoms with Crippen molar-refractivity contribution >= 4 is 35.0 Å². The molecule has 180 valence electrons. The van der Waals surface area contributed by atoms with Crippen molar-refractivity contribution in [3.63, 3.8) is 0 Å². The van der Waals surface area contributed by atoms with Crippen molar-refractivity contribution in [1.29, 1.82) is 0 Å². The Bertz CT molecular complexity index is 1050. The largest absolute Gasteiger partial charge is 0.336 e. The minimum absolute atomic E-state index is 0.120. The SMILES string of the molecule is CC(C)CC(=O)C(=O)N1CCC(C2(c3cccnc3)NC(=O)N(CCc3cccs3)C2=O)CC1. The maximum absolute atomic E-state index is 13.8. The molecule has 2 saturated heterocycles. The van der Waals surface area contributed by atoms with Crippen molar-refractivity contribution in [1.82, 2.24) is 20.1 Å². The number of likely N-dealkylation sites (tertiary alicyclic amines) is 1. The van der Waals surface area contributed by atoms with Crippen molar-refractivity contribution in [2.75, 3.05) is 19.6 Å². The van der Waals surface area contributed by atoms with E-state index < -0.39 is 17.5 Å². The molecule has 9 heteroatoms. The number of aromatic nitrogens is 1. The first-order chi connectivity index (χ1) is 16.3. The number of pyridine rings is 1. The van der Waals surface area contributed by atoms with Crippen LogP contribution in [-0.2, 0) is 26.3 Å². The molecule has 2 aliphatic rings. The topological polar surface area (TPSA) is 99.7 Å². The number of Topliss-reactive ketones (excluding diaryl/α,β-unsaturated/α-hetero) is 1. The highest BCUT2D eigenvalue weighted by Crippen LogP contribution is 2.41. The fourth-order valence-electron chi connectivity index (χ4n) is 4.93. The fourth-order valence-corrected chi connectivity index (χ4v) is 5.63. The van der Waals surface area contributed by atoms with Crippen molar-refractivity contribution in [2.45, 2.75) is 45.1 Å². The van der Waals surface area contributed by atoms with Crippen LogP contribution in [0.3, 0.4) is 0 Å². The molecule has 8 nitrogen and oxygen atoms in total. The molecule has 2 aromatic heterocycles. The van der Waals surface area contributed by atoms with Gasteiger partial charge in [-0.2, -0.15) is 0 Å². The maximum Gasteiger partial charge on any atom is 0.325 e. The van der Waals surface area contributed by atoms with Gasteiger partial charge in [0.05, 0.1) is 0 Å². The Labute approximate surface area is 203 Å². The highest BCUT2D eigenvalue weighted by molar-refractivity contribution is 7.09. The number of urea groups is 1. The Morgan fingerprint density at radius 3 is 2.59 bits per heavy atom. The van der Waals surface area contributed by atoms with Crippen LogP contribution in [-0.4, -0.2) is 58.0 Å². The smallest absolute Gasteiger partial charge is 0.325 e. The quantitative estimate of drug-likeness (QED) is 0.461. The van der Waals surface area contributed by atoms with E-state index in [1.165, 1.54) is 4.90 Å². The molecule has 34 heavy (non-hydrogen) atoms. The molecular weight excluding hydrogens is 452 g/mol. The molecule has 0 aliphatic carbocycles. The molecule has 2 aromatic rings. The van der Waals surface area contributed by atoms with Crippen LogP contribution in [0.5, 0.6) is 0 Å². The van der Waals surface area contributed by atoms with E-state index in [0.29, 0.717) is 44.5 Å². The van der Waals surface area contributed by atoms with E-state index in [-0.39, 0.29) is 29.9 Å². The second-order valence-electron chi connectivity index (χ2n) is 9.35. The van der Waals surface area contributed by atoms with Crippen LogP contribution in [0.2, 0.25) is 0 Å².